The highest BCUT2D eigenvalue weighted by molar-refractivity contribution is 5.75. The molecule has 0 N–H and O–H groups in total. The normalized spacial score (nSPS) is 21.3. The molecule has 2 aliphatic rings. The number of carbonyl (C=O) groups excluding carboxylic acids is 1. The van der Waals surface area contributed by atoms with Crippen LogP contribution >= 0.6 is 0 Å². The molecule has 23 heavy (non-hydrogen) atoms. The molecule has 7 nitrogen and oxygen atoms in total. The van der Waals surface area contributed by atoms with E-state index in [9.17, 15) is 4.79 Å². The first-order valence-corrected chi connectivity index (χ1v) is 8.66. The minimum atomic E-state index is -0.122. The zero-order valence-corrected chi connectivity index (χ0v) is 14.0. The van der Waals surface area contributed by atoms with Gasteiger partial charge in [-0.15, -0.1) is 0 Å². The number of carbonyl (C=O) groups is 1. The van der Waals surface area contributed by atoms with E-state index in [1.807, 2.05) is 13.8 Å². The fourth-order valence-electron chi connectivity index (χ4n) is 3.07. The Labute approximate surface area is 137 Å². The first-order valence-electron chi connectivity index (χ1n) is 8.66. The van der Waals surface area contributed by atoms with Gasteiger partial charge in [0.15, 0.2) is 5.82 Å². The van der Waals surface area contributed by atoms with Gasteiger partial charge in [0.25, 0.3) is 0 Å². The average molecular weight is 322 g/mol. The average Bonchev–Trinajstić information content (AvgIpc) is 3.30. The maximum Gasteiger partial charge on any atom is 0.323 e. The van der Waals surface area contributed by atoms with E-state index in [1.165, 1.54) is 12.8 Å². The van der Waals surface area contributed by atoms with Crippen molar-refractivity contribution in [2.45, 2.75) is 51.6 Å². The molecule has 1 saturated carbocycles. The van der Waals surface area contributed by atoms with Crippen LogP contribution in [0, 0.1) is 0 Å². The molecule has 1 aromatic heterocycles. The smallest absolute Gasteiger partial charge is 0.323 e. The number of rotatable bonds is 7. The van der Waals surface area contributed by atoms with Gasteiger partial charge in [0.05, 0.1) is 13.2 Å². The van der Waals surface area contributed by atoms with Gasteiger partial charge in [-0.1, -0.05) is 12.1 Å². The lowest BCUT2D eigenvalue weighted by molar-refractivity contribution is -0.150. The highest BCUT2D eigenvalue weighted by Gasteiger charge is 2.31. The van der Waals surface area contributed by atoms with Gasteiger partial charge in [-0.05, 0) is 26.2 Å². The molecule has 1 aliphatic carbocycles. The van der Waals surface area contributed by atoms with Crippen molar-refractivity contribution in [1.82, 2.24) is 19.9 Å². The van der Waals surface area contributed by atoms with Gasteiger partial charge in [-0.25, -0.2) is 0 Å². The van der Waals surface area contributed by atoms with Crippen LogP contribution in [0.15, 0.2) is 4.52 Å². The number of nitrogens with zero attached hydrogens (tertiary/aromatic N) is 4. The Morgan fingerprint density at radius 3 is 2.65 bits per heavy atom. The minimum absolute atomic E-state index is 0.101. The lowest BCUT2D eigenvalue weighted by atomic mass is 10.1. The van der Waals surface area contributed by atoms with E-state index >= 15 is 0 Å². The molecule has 2 heterocycles. The molecule has 1 atom stereocenters. The van der Waals surface area contributed by atoms with Gasteiger partial charge < -0.3 is 9.26 Å². The molecule has 0 spiro atoms. The topological polar surface area (TPSA) is 71.7 Å². The van der Waals surface area contributed by atoms with Crippen LogP contribution in [0.25, 0.3) is 0 Å². The summed E-state index contributed by atoms with van der Waals surface area (Å²) in [5.41, 5.74) is 0. The Balaban J connectivity index is 1.48. The second-order valence-corrected chi connectivity index (χ2v) is 6.31. The monoisotopic (exact) mass is 322 g/mol. The maximum absolute atomic E-state index is 12.0. The van der Waals surface area contributed by atoms with Crippen molar-refractivity contribution in [2.24, 2.45) is 0 Å². The summed E-state index contributed by atoms with van der Waals surface area (Å²) in [6.45, 7) is 8.59. The largest absolute Gasteiger partial charge is 0.465 e. The third kappa shape index (κ3) is 4.09. The zero-order valence-electron chi connectivity index (χ0n) is 14.0. The van der Waals surface area contributed by atoms with Crippen molar-refractivity contribution in [3.8, 4) is 0 Å². The quantitative estimate of drug-likeness (QED) is 0.703. The summed E-state index contributed by atoms with van der Waals surface area (Å²) in [4.78, 5) is 21.0. The highest BCUT2D eigenvalue weighted by Crippen LogP contribution is 2.38. The second kappa shape index (κ2) is 7.40. The predicted octanol–water partition coefficient (Wildman–Crippen LogP) is 1.41. The molecule has 0 bridgehead atoms. The molecular weight excluding hydrogens is 296 g/mol. The summed E-state index contributed by atoms with van der Waals surface area (Å²) < 4.78 is 10.5. The molecule has 0 radical (unpaired) electrons. The summed E-state index contributed by atoms with van der Waals surface area (Å²) in [5.74, 6) is 1.98. The first-order chi connectivity index (χ1) is 11.2. The van der Waals surface area contributed by atoms with E-state index in [2.05, 4.69) is 19.9 Å². The summed E-state index contributed by atoms with van der Waals surface area (Å²) in [6.07, 6.45) is 3.13. The molecule has 1 aliphatic heterocycles. The van der Waals surface area contributed by atoms with Crippen LogP contribution in [0.4, 0.5) is 0 Å². The number of hydrogen-bond donors (Lipinski definition) is 0. The van der Waals surface area contributed by atoms with E-state index in [0.717, 1.165) is 50.9 Å². The molecule has 2 fully saturated rings. The van der Waals surface area contributed by atoms with Gasteiger partial charge >= 0.3 is 5.97 Å². The van der Waals surface area contributed by atoms with Gasteiger partial charge in [-0.3, -0.25) is 14.6 Å². The van der Waals surface area contributed by atoms with Crippen LogP contribution < -0.4 is 0 Å². The number of aromatic nitrogens is 2. The van der Waals surface area contributed by atoms with Crippen molar-refractivity contribution in [2.75, 3.05) is 32.8 Å². The fraction of sp³-hybridized carbons (Fsp3) is 0.812. The van der Waals surface area contributed by atoms with Gasteiger partial charge in [0.2, 0.25) is 5.89 Å². The first kappa shape index (κ1) is 16.4. The minimum Gasteiger partial charge on any atom is -0.465 e. The van der Waals surface area contributed by atoms with Crippen molar-refractivity contribution in [3.05, 3.63) is 11.7 Å². The lowest BCUT2D eigenvalue weighted by Gasteiger charge is -2.37. The third-order valence-corrected chi connectivity index (χ3v) is 4.57. The van der Waals surface area contributed by atoms with Crippen molar-refractivity contribution in [1.29, 1.82) is 0 Å². The number of hydrogen-bond acceptors (Lipinski definition) is 7. The number of ether oxygens (including phenoxy) is 1. The SMILES string of the molecule is CCOC(=O)C(CC)N1CCN(Cc2noc(C3CC3)n2)CC1. The highest BCUT2D eigenvalue weighted by atomic mass is 16.5. The Kier molecular flexibility index (Phi) is 5.27. The molecule has 1 aromatic rings. The van der Waals surface area contributed by atoms with Gasteiger partial charge in [0, 0.05) is 32.1 Å². The summed E-state index contributed by atoms with van der Waals surface area (Å²) in [6, 6.07) is -0.122. The van der Waals surface area contributed by atoms with E-state index < -0.39 is 0 Å². The molecule has 1 unspecified atom stereocenters. The molecular formula is C16H26N4O3. The van der Waals surface area contributed by atoms with Crippen molar-refractivity contribution in [3.63, 3.8) is 0 Å². The summed E-state index contributed by atoms with van der Waals surface area (Å²) in [7, 11) is 0. The van der Waals surface area contributed by atoms with E-state index in [1.54, 1.807) is 0 Å². The second-order valence-electron chi connectivity index (χ2n) is 6.31. The standard InChI is InChI=1S/C16H26N4O3/c1-3-13(16(21)22-4-2)20-9-7-19(8-10-20)11-14-17-15(23-18-14)12-5-6-12/h12-13H,3-11H2,1-2H3. The van der Waals surface area contributed by atoms with Crippen LogP contribution in [0.5, 0.6) is 0 Å². The Bertz CT molecular complexity index is 521. The maximum atomic E-state index is 12.0. The fourth-order valence-corrected chi connectivity index (χ4v) is 3.07. The van der Waals surface area contributed by atoms with Gasteiger partial charge in [-0.2, -0.15) is 4.98 Å². The van der Waals surface area contributed by atoms with Crippen LogP contribution in [0.3, 0.4) is 0 Å². The predicted molar refractivity (Wildman–Crippen MR) is 83.8 cm³/mol. The van der Waals surface area contributed by atoms with E-state index in [0.29, 0.717) is 12.5 Å². The Hall–Kier alpha value is -1.47. The third-order valence-electron chi connectivity index (χ3n) is 4.57. The van der Waals surface area contributed by atoms with Gasteiger partial charge in [0.1, 0.15) is 6.04 Å². The van der Waals surface area contributed by atoms with Crippen LogP contribution in [0.2, 0.25) is 0 Å². The molecule has 7 heteroatoms. The van der Waals surface area contributed by atoms with Crippen molar-refractivity contribution < 1.29 is 14.1 Å². The van der Waals surface area contributed by atoms with E-state index in [4.69, 9.17) is 9.26 Å². The van der Waals surface area contributed by atoms with Crippen LogP contribution in [-0.4, -0.2) is 64.7 Å². The Morgan fingerprint density at radius 2 is 2.04 bits per heavy atom. The number of esters is 1. The molecule has 3 rings (SSSR count). The molecule has 0 amide bonds. The number of piperazine rings is 1. The summed E-state index contributed by atoms with van der Waals surface area (Å²) in [5, 5.41) is 4.08. The van der Waals surface area contributed by atoms with Crippen LogP contribution in [-0.2, 0) is 16.1 Å². The molecule has 0 aromatic carbocycles. The van der Waals surface area contributed by atoms with Crippen LogP contribution in [0.1, 0.15) is 50.7 Å². The van der Waals surface area contributed by atoms with E-state index in [-0.39, 0.29) is 12.0 Å². The molecule has 1 saturated heterocycles. The van der Waals surface area contributed by atoms with Crippen molar-refractivity contribution >= 4 is 5.97 Å². The Morgan fingerprint density at radius 1 is 1.30 bits per heavy atom. The zero-order chi connectivity index (χ0) is 16.2. The lowest BCUT2D eigenvalue weighted by Crippen LogP contribution is -2.52. The summed E-state index contributed by atoms with van der Waals surface area (Å²) >= 11 is 0. The molecule has 128 valence electrons.